The molecule has 3 heteroatoms. The van der Waals surface area contributed by atoms with Gasteiger partial charge in [-0.3, -0.25) is 0 Å². The summed E-state index contributed by atoms with van der Waals surface area (Å²) < 4.78 is 0. The largest absolute Gasteiger partial charge is 0.356 e. The fourth-order valence-corrected chi connectivity index (χ4v) is 2.07. The lowest BCUT2D eigenvalue weighted by molar-refractivity contribution is 0.613. The van der Waals surface area contributed by atoms with E-state index in [1.165, 1.54) is 11.1 Å². The van der Waals surface area contributed by atoms with Crippen LogP contribution in [0.5, 0.6) is 0 Å². The summed E-state index contributed by atoms with van der Waals surface area (Å²) in [5.74, 6) is 1.77. The third-order valence-corrected chi connectivity index (χ3v) is 2.81. The van der Waals surface area contributed by atoms with Gasteiger partial charge in [0, 0.05) is 19.3 Å². The average Bonchev–Trinajstić information content (AvgIpc) is 2.27. The third-order valence-electron chi connectivity index (χ3n) is 2.81. The van der Waals surface area contributed by atoms with E-state index in [1.807, 2.05) is 6.20 Å². The normalized spacial score (nSPS) is 10.9. The first kappa shape index (κ1) is 14.0. The highest BCUT2D eigenvalue weighted by atomic mass is 15.2. The summed E-state index contributed by atoms with van der Waals surface area (Å²) in [5, 5.41) is 0. The van der Waals surface area contributed by atoms with Gasteiger partial charge in [-0.2, -0.15) is 0 Å². The minimum Gasteiger partial charge on any atom is -0.356 e. The number of anilines is 1. The molecule has 1 aromatic rings. The molecule has 96 valence electrons. The summed E-state index contributed by atoms with van der Waals surface area (Å²) in [6.07, 6.45) is 2.86. The number of pyridine rings is 1. The zero-order chi connectivity index (χ0) is 12.8. The Kier molecular flexibility index (Phi) is 5.42. The molecule has 0 bridgehead atoms. The van der Waals surface area contributed by atoms with Gasteiger partial charge in [-0.15, -0.1) is 0 Å². The molecule has 1 aromatic heterocycles. The Morgan fingerprint density at radius 1 is 1.41 bits per heavy atom. The van der Waals surface area contributed by atoms with Crippen LogP contribution in [0.3, 0.4) is 0 Å². The molecule has 1 rings (SSSR count). The Hall–Kier alpha value is -1.09. The summed E-state index contributed by atoms with van der Waals surface area (Å²) in [6, 6.07) is 2.21. The number of hydrogen-bond acceptors (Lipinski definition) is 3. The van der Waals surface area contributed by atoms with Gasteiger partial charge < -0.3 is 10.6 Å². The predicted octanol–water partition coefficient (Wildman–Crippen LogP) is 2.37. The minimum absolute atomic E-state index is 0.653. The molecule has 0 aliphatic heterocycles. The molecule has 0 saturated heterocycles. The minimum atomic E-state index is 0.653. The summed E-state index contributed by atoms with van der Waals surface area (Å²) in [7, 11) is 0. The first-order valence-corrected chi connectivity index (χ1v) is 6.49. The number of aromatic nitrogens is 1. The van der Waals surface area contributed by atoms with Crippen LogP contribution in [-0.2, 0) is 6.42 Å². The van der Waals surface area contributed by atoms with Crippen molar-refractivity contribution in [2.75, 3.05) is 24.5 Å². The Morgan fingerprint density at radius 2 is 2.12 bits per heavy atom. The molecule has 17 heavy (non-hydrogen) atoms. The van der Waals surface area contributed by atoms with Crippen molar-refractivity contribution in [3.63, 3.8) is 0 Å². The van der Waals surface area contributed by atoms with Crippen LogP contribution in [0.2, 0.25) is 0 Å². The van der Waals surface area contributed by atoms with Crippen LogP contribution in [0.4, 0.5) is 5.82 Å². The number of aryl methyl sites for hydroxylation is 1. The Bertz CT molecular complexity index is 347. The van der Waals surface area contributed by atoms with Crippen LogP contribution in [0, 0.1) is 12.8 Å². The molecular weight excluding hydrogens is 210 g/mol. The van der Waals surface area contributed by atoms with Crippen molar-refractivity contribution in [3.8, 4) is 0 Å². The van der Waals surface area contributed by atoms with Crippen molar-refractivity contribution >= 4 is 5.82 Å². The summed E-state index contributed by atoms with van der Waals surface area (Å²) in [4.78, 5) is 6.93. The quantitative estimate of drug-likeness (QED) is 0.823. The van der Waals surface area contributed by atoms with Gasteiger partial charge in [0.05, 0.1) is 0 Å². The standard InChI is InChI=1S/C14H25N3/c1-5-17(10-11(2)3)14-12(4)8-13(6-7-15)9-16-14/h8-9,11H,5-7,10,15H2,1-4H3. The fourth-order valence-electron chi connectivity index (χ4n) is 2.07. The molecule has 0 atom stereocenters. The van der Waals surface area contributed by atoms with Crippen LogP contribution in [-0.4, -0.2) is 24.6 Å². The van der Waals surface area contributed by atoms with E-state index in [4.69, 9.17) is 5.73 Å². The highest BCUT2D eigenvalue weighted by Gasteiger charge is 2.10. The molecule has 3 nitrogen and oxygen atoms in total. The highest BCUT2D eigenvalue weighted by Crippen LogP contribution is 2.19. The van der Waals surface area contributed by atoms with Crippen LogP contribution >= 0.6 is 0 Å². The van der Waals surface area contributed by atoms with Gasteiger partial charge >= 0.3 is 0 Å². The van der Waals surface area contributed by atoms with E-state index < -0.39 is 0 Å². The smallest absolute Gasteiger partial charge is 0.131 e. The number of nitrogens with two attached hydrogens (primary N) is 1. The van der Waals surface area contributed by atoms with E-state index in [2.05, 4.69) is 43.6 Å². The van der Waals surface area contributed by atoms with Gasteiger partial charge in [0.25, 0.3) is 0 Å². The van der Waals surface area contributed by atoms with E-state index >= 15 is 0 Å². The van der Waals surface area contributed by atoms with E-state index in [9.17, 15) is 0 Å². The fraction of sp³-hybridized carbons (Fsp3) is 0.643. The Morgan fingerprint density at radius 3 is 2.59 bits per heavy atom. The maximum absolute atomic E-state index is 5.56. The van der Waals surface area contributed by atoms with Crippen molar-refractivity contribution in [1.29, 1.82) is 0 Å². The first-order chi connectivity index (χ1) is 8.08. The highest BCUT2D eigenvalue weighted by molar-refractivity contribution is 5.47. The first-order valence-electron chi connectivity index (χ1n) is 6.49. The van der Waals surface area contributed by atoms with Crippen molar-refractivity contribution in [2.45, 2.75) is 34.1 Å². The lowest BCUT2D eigenvalue weighted by Gasteiger charge is -2.25. The summed E-state index contributed by atoms with van der Waals surface area (Å²) in [5.41, 5.74) is 8.04. The van der Waals surface area contributed by atoms with Gasteiger partial charge in [0.15, 0.2) is 0 Å². The van der Waals surface area contributed by atoms with Gasteiger partial charge in [0.2, 0.25) is 0 Å². The number of hydrogen-bond donors (Lipinski definition) is 1. The second-order valence-corrected chi connectivity index (χ2v) is 4.96. The van der Waals surface area contributed by atoms with Gasteiger partial charge in [-0.25, -0.2) is 4.98 Å². The summed E-state index contributed by atoms with van der Waals surface area (Å²) in [6.45, 7) is 11.5. The Balaban J connectivity index is 2.88. The molecular formula is C14H25N3. The summed E-state index contributed by atoms with van der Waals surface area (Å²) >= 11 is 0. The van der Waals surface area contributed by atoms with Gasteiger partial charge in [-0.1, -0.05) is 19.9 Å². The zero-order valence-electron chi connectivity index (χ0n) is 11.5. The third kappa shape index (κ3) is 4.00. The van der Waals surface area contributed by atoms with Crippen molar-refractivity contribution in [2.24, 2.45) is 11.7 Å². The lowest BCUT2D eigenvalue weighted by atomic mass is 10.1. The molecule has 0 fully saturated rings. The molecule has 0 aromatic carbocycles. The molecule has 0 aliphatic carbocycles. The zero-order valence-corrected chi connectivity index (χ0v) is 11.5. The van der Waals surface area contributed by atoms with Crippen molar-refractivity contribution in [3.05, 3.63) is 23.4 Å². The van der Waals surface area contributed by atoms with Crippen molar-refractivity contribution in [1.82, 2.24) is 4.98 Å². The number of rotatable bonds is 6. The molecule has 2 N–H and O–H groups in total. The van der Waals surface area contributed by atoms with Crippen molar-refractivity contribution < 1.29 is 0 Å². The topological polar surface area (TPSA) is 42.2 Å². The van der Waals surface area contributed by atoms with Crippen LogP contribution in [0.25, 0.3) is 0 Å². The van der Waals surface area contributed by atoms with E-state index in [1.54, 1.807) is 0 Å². The Labute approximate surface area is 105 Å². The molecule has 0 radical (unpaired) electrons. The van der Waals surface area contributed by atoms with Gasteiger partial charge in [0.1, 0.15) is 5.82 Å². The molecule has 0 spiro atoms. The van der Waals surface area contributed by atoms with Gasteiger partial charge in [-0.05, 0) is 43.9 Å². The maximum Gasteiger partial charge on any atom is 0.131 e. The molecule has 0 saturated carbocycles. The maximum atomic E-state index is 5.56. The van der Waals surface area contributed by atoms with Crippen LogP contribution < -0.4 is 10.6 Å². The van der Waals surface area contributed by atoms with E-state index in [0.717, 1.165) is 25.3 Å². The monoisotopic (exact) mass is 235 g/mol. The second kappa shape index (κ2) is 6.60. The second-order valence-electron chi connectivity index (χ2n) is 4.96. The number of nitrogens with zero attached hydrogens (tertiary/aromatic N) is 2. The average molecular weight is 235 g/mol. The van der Waals surface area contributed by atoms with E-state index in [0.29, 0.717) is 12.5 Å². The van der Waals surface area contributed by atoms with Crippen LogP contribution in [0.1, 0.15) is 31.9 Å². The lowest BCUT2D eigenvalue weighted by Crippen LogP contribution is -2.28. The molecule has 1 heterocycles. The molecule has 0 aliphatic rings. The van der Waals surface area contributed by atoms with E-state index in [-0.39, 0.29) is 0 Å². The van der Waals surface area contributed by atoms with Crippen LogP contribution in [0.15, 0.2) is 12.3 Å². The SMILES string of the molecule is CCN(CC(C)C)c1ncc(CCN)cc1C. The predicted molar refractivity (Wildman–Crippen MR) is 74.5 cm³/mol. The molecule has 0 amide bonds. The molecule has 0 unspecified atom stereocenters.